The molecule has 0 radical (unpaired) electrons. The van der Waals surface area contributed by atoms with Crippen LogP contribution in [0.25, 0.3) is 0 Å². The van der Waals surface area contributed by atoms with Crippen molar-refractivity contribution in [1.29, 1.82) is 0 Å². The highest BCUT2D eigenvalue weighted by Gasteiger charge is 2.61. The highest BCUT2D eigenvalue weighted by atomic mass is 16.3. The Balaban J connectivity index is 1.58. The minimum Gasteiger partial charge on any atom is -0.393 e. The molecule has 4 aliphatic carbocycles. The number of allylic oxidation sites excluding steroid dienone is 3. The Morgan fingerprint density at radius 2 is 1.73 bits per heavy atom. The molecule has 1 N–H and O–H groups in total. The summed E-state index contributed by atoms with van der Waals surface area (Å²) in [5, 5.41) is 10.2. The molecule has 0 heterocycles. The van der Waals surface area contributed by atoms with Crippen molar-refractivity contribution in [2.75, 3.05) is 0 Å². The molecule has 0 saturated heterocycles. The zero-order valence-corrected chi connectivity index (χ0v) is 20.2. The molecule has 0 aromatic carbocycles. The number of ketones is 1. The molecular formula is C28H44O2. The third kappa shape index (κ3) is 3.46. The minimum absolute atomic E-state index is 0.134. The molecule has 2 nitrogen and oxygen atoms in total. The highest BCUT2D eigenvalue weighted by molar-refractivity contribution is 5.94. The highest BCUT2D eigenvalue weighted by Crippen LogP contribution is 2.66. The zero-order chi connectivity index (χ0) is 21.8. The second-order valence-electron chi connectivity index (χ2n) is 12.2. The van der Waals surface area contributed by atoms with E-state index in [0.29, 0.717) is 47.7 Å². The molecule has 4 rings (SSSR count). The average Bonchev–Trinajstić information content (AvgIpc) is 3.04. The number of fused-ring (bicyclic) bond motifs is 5. The fraction of sp³-hybridized carbons (Fsp3) is 0.821. The van der Waals surface area contributed by atoms with E-state index in [0.717, 1.165) is 12.8 Å². The van der Waals surface area contributed by atoms with Gasteiger partial charge in [-0.2, -0.15) is 0 Å². The van der Waals surface area contributed by atoms with Gasteiger partial charge in [0.15, 0.2) is 5.78 Å². The molecule has 3 saturated carbocycles. The van der Waals surface area contributed by atoms with E-state index < -0.39 is 0 Å². The van der Waals surface area contributed by atoms with Gasteiger partial charge in [0.05, 0.1) is 6.10 Å². The van der Waals surface area contributed by atoms with Crippen LogP contribution in [0.2, 0.25) is 0 Å². The van der Waals surface area contributed by atoms with Crippen molar-refractivity contribution in [1.82, 2.24) is 0 Å². The standard InChI is InChI=1S/C28H44O2/c1-17(2)18(3)7-8-19(4)22-9-10-23-26-24(12-14-28(22,23)6)27(5)13-11-21(29)15-20(27)16-25(26)30/h7-8,16-19,21-24,26,29H,9-15H2,1-6H3/b8-7+/t18-,19+,21-,22+,23+,24-,26-,27-,28+/m0/s1. The van der Waals surface area contributed by atoms with Crippen LogP contribution in [-0.4, -0.2) is 17.0 Å². The lowest BCUT2D eigenvalue weighted by atomic mass is 9.46. The Kier molecular flexibility index (Phi) is 5.88. The molecular weight excluding hydrogens is 368 g/mol. The van der Waals surface area contributed by atoms with Gasteiger partial charge in [0.25, 0.3) is 0 Å². The molecule has 0 aliphatic heterocycles. The van der Waals surface area contributed by atoms with E-state index in [4.69, 9.17) is 0 Å². The topological polar surface area (TPSA) is 37.3 Å². The fourth-order valence-corrected chi connectivity index (χ4v) is 7.99. The van der Waals surface area contributed by atoms with Crippen LogP contribution in [0.4, 0.5) is 0 Å². The molecule has 168 valence electrons. The van der Waals surface area contributed by atoms with Crippen LogP contribution in [0.1, 0.15) is 86.5 Å². The van der Waals surface area contributed by atoms with Gasteiger partial charge in [-0.05, 0) is 97.4 Å². The summed E-state index contributed by atoms with van der Waals surface area (Å²) in [6, 6.07) is 0. The number of carbonyl (C=O) groups is 1. The largest absolute Gasteiger partial charge is 0.393 e. The van der Waals surface area contributed by atoms with E-state index in [1.807, 2.05) is 6.08 Å². The van der Waals surface area contributed by atoms with E-state index in [1.165, 1.54) is 31.3 Å². The molecule has 2 heteroatoms. The number of aliphatic hydroxyl groups is 1. The van der Waals surface area contributed by atoms with Crippen LogP contribution >= 0.6 is 0 Å². The number of hydrogen-bond donors (Lipinski definition) is 1. The average molecular weight is 413 g/mol. The first-order valence-electron chi connectivity index (χ1n) is 12.7. The van der Waals surface area contributed by atoms with E-state index >= 15 is 0 Å². The summed E-state index contributed by atoms with van der Waals surface area (Å²) >= 11 is 0. The first kappa shape index (κ1) is 22.3. The predicted octanol–water partition coefficient (Wildman–Crippen LogP) is 6.59. The van der Waals surface area contributed by atoms with Crippen LogP contribution in [0.3, 0.4) is 0 Å². The summed E-state index contributed by atoms with van der Waals surface area (Å²) in [6.45, 7) is 14.3. The van der Waals surface area contributed by atoms with Crippen molar-refractivity contribution < 1.29 is 9.90 Å². The molecule has 4 aliphatic rings. The van der Waals surface area contributed by atoms with Gasteiger partial charge < -0.3 is 5.11 Å². The first-order chi connectivity index (χ1) is 14.1. The lowest BCUT2D eigenvalue weighted by molar-refractivity contribution is -0.134. The van der Waals surface area contributed by atoms with Crippen LogP contribution in [0.5, 0.6) is 0 Å². The summed E-state index contributed by atoms with van der Waals surface area (Å²) < 4.78 is 0. The molecule has 30 heavy (non-hydrogen) atoms. The second-order valence-corrected chi connectivity index (χ2v) is 12.2. The number of rotatable bonds is 4. The van der Waals surface area contributed by atoms with Crippen LogP contribution < -0.4 is 0 Å². The van der Waals surface area contributed by atoms with Crippen molar-refractivity contribution in [2.24, 2.45) is 52.3 Å². The molecule has 3 fully saturated rings. The number of carbonyl (C=O) groups excluding carboxylic acids is 1. The maximum Gasteiger partial charge on any atom is 0.159 e. The van der Waals surface area contributed by atoms with Crippen molar-refractivity contribution in [3.05, 3.63) is 23.8 Å². The third-order valence-electron chi connectivity index (χ3n) is 10.4. The summed E-state index contributed by atoms with van der Waals surface area (Å²) in [4.78, 5) is 13.4. The van der Waals surface area contributed by atoms with E-state index in [2.05, 4.69) is 53.7 Å². The summed E-state index contributed by atoms with van der Waals surface area (Å²) in [5.74, 6) is 4.21. The van der Waals surface area contributed by atoms with Crippen molar-refractivity contribution in [2.45, 2.75) is 92.6 Å². The predicted molar refractivity (Wildman–Crippen MR) is 124 cm³/mol. The summed E-state index contributed by atoms with van der Waals surface area (Å²) in [6.07, 6.45) is 14.2. The fourth-order valence-electron chi connectivity index (χ4n) is 7.99. The van der Waals surface area contributed by atoms with E-state index in [1.54, 1.807) is 0 Å². The van der Waals surface area contributed by atoms with Gasteiger partial charge in [0.2, 0.25) is 0 Å². The quantitative estimate of drug-likeness (QED) is 0.529. The Morgan fingerprint density at radius 3 is 2.43 bits per heavy atom. The smallest absolute Gasteiger partial charge is 0.159 e. The van der Waals surface area contributed by atoms with Gasteiger partial charge in [-0.15, -0.1) is 0 Å². The lowest BCUT2D eigenvalue weighted by Crippen LogP contribution is -2.53. The van der Waals surface area contributed by atoms with Crippen LogP contribution in [0, 0.1) is 52.3 Å². The minimum atomic E-state index is -0.251. The van der Waals surface area contributed by atoms with Gasteiger partial charge in [-0.1, -0.05) is 59.3 Å². The monoisotopic (exact) mass is 412 g/mol. The molecule has 0 bridgehead atoms. The maximum atomic E-state index is 13.4. The van der Waals surface area contributed by atoms with E-state index in [-0.39, 0.29) is 22.9 Å². The molecule has 0 amide bonds. The Hall–Kier alpha value is -0.890. The molecule has 0 aromatic heterocycles. The maximum absolute atomic E-state index is 13.4. The number of aliphatic hydroxyl groups excluding tert-OH is 1. The van der Waals surface area contributed by atoms with Crippen LogP contribution in [0.15, 0.2) is 23.8 Å². The van der Waals surface area contributed by atoms with Crippen molar-refractivity contribution >= 4 is 5.78 Å². The first-order valence-corrected chi connectivity index (χ1v) is 12.7. The second kappa shape index (κ2) is 7.91. The summed E-state index contributed by atoms with van der Waals surface area (Å²) in [5.41, 5.74) is 1.68. The van der Waals surface area contributed by atoms with Gasteiger partial charge in [0.1, 0.15) is 0 Å². The SMILES string of the molecule is CC(C)[C@@H](C)/C=C/[C@@H](C)[C@H]1CC[C@@H]2[C@@H]3C(=O)C=C4C[C@@H](O)CC[C@]4(C)[C@H]3CC[C@@]21C. The van der Waals surface area contributed by atoms with Crippen molar-refractivity contribution in [3.8, 4) is 0 Å². The third-order valence-corrected chi connectivity index (χ3v) is 10.4. The normalized spacial score (nSPS) is 45.7. The lowest BCUT2D eigenvalue weighted by Gasteiger charge is -2.57. The Labute approximate surface area is 184 Å². The molecule has 0 spiro atoms. The molecule has 0 unspecified atom stereocenters. The Morgan fingerprint density at radius 1 is 1.00 bits per heavy atom. The van der Waals surface area contributed by atoms with Gasteiger partial charge in [-0.3, -0.25) is 4.79 Å². The van der Waals surface area contributed by atoms with Gasteiger partial charge in [-0.25, -0.2) is 0 Å². The van der Waals surface area contributed by atoms with Gasteiger partial charge in [0, 0.05) is 5.92 Å². The number of hydrogen-bond acceptors (Lipinski definition) is 2. The van der Waals surface area contributed by atoms with E-state index in [9.17, 15) is 9.90 Å². The Bertz CT molecular complexity index is 733. The van der Waals surface area contributed by atoms with Crippen molar-refractivity contribution in [3.63, 3.8) is 0 Å². The molecule has 0 aromatic rings. The zero-order valence-electron chi connectivity index (χ0n) is 20.2. The summed E-state index contributed by atoms with van der Waals surface area (Å²) in [7, 11) is 0. The molecule has 9 atom stereocenters. The van der Waals surface area contributed by atoms with Gasteiger partial charge >= 0.3 is 0 Å². The van der Waals surface area contributed by atoms with Crippen LogP contribution in [-0.2, 0) is 4.79 Å².